The minimum Gasteiger partial charge on any atom is -0.382 e. The predicted molar refractivity (Wildman–Crippen MR) is 73.4 cm³/mol. The lowest BCUT2D eigenvalue weighted by atomic mass is 9.94. The molecule has 0 spiro atoms. The maximum Gasteiger partial charge on any atom is 0.166 e. The van der Waals surface area contributed by atoms with Crippen molar-refractivity contribution >= 4 is 17.0 Å². The molecule has 0 aliphatic rings. The van der Waals surface area contributed by atoms with Gasteiger partial charge in [0.1, 0.15) is 12.2 Å². The summed E-state index contributed by atoms with van der Waals surface area (Å²) in [6.45, 7) is 12.8. The van der Waals surface area contributed by atoms with Gasteiger partial charge in [-0.1, -0.05) is 20.8 Å². The Morgan fingerprint density at radius 2 is 1.67 bits per heavy atom. The number of nitrogens with zero attached hydrogens (tertiary/aromatic N) is 4. The van der Waals surface area contributed by atoms with Crippen molar-refractivity contribution in [3.05, 3.63) is 12.2 Å². The van der Waals surface area contributed by atoms with Crippen LogP contribution < -0.4 is 5.73 Å². The van der Waals surface area contributed by atoms with Gasteiger partial charge in [0, 0.05) is 11.0 Å². The molecular weight excluding hydrogens is 226 g/mol. The van der Waals surface area contributed by atoms with E-state index in [0.717, 1.165) is 11.5 Å². The summed E-state index contributed by atoms with van der Waals surface area (Å²) in [6, 6.07) is 0. The smallest absolute Gasteiger partial charge is 0.166 e. The number of fused-ring (bicyclic) bond motifs is 1. The molecule has 2 heterocycles. The van der Waals surface area contributed by atoms with Crippen LogP contribution in [-0.2, 0) is 11.0 Å². The van der Waals surface area contributed by atoms with Gasteiger partial charge < -0.3 is 10.3 Å². The van der Waals surface area contributed by atoms with Gasteiger partial charge >= 0.3 is 0 Å². The van der Waals surface area contributed by atoms with Crippen LogP contribution in [0.2, 0.25) is 0 Å². The van der Waals surface area contributed by atoms with E-state index in [1.54, 1.807) is 0 Å². The highest BCUT2D eigenvalue weighted by molar-refractivity contribution is 5.82. The Bertz CT molecular complexity index is 584. The Kier molecular flexibility index (Phi) is 2.61. The van der Waals surface area contributed by atoms with Crippen molar-refractivity contribution in [1.29, 1.82) is 0 Å². The molecule has 2 aromatic rings. The maximum absolute atomic E-state index is 5.90. The molecule has 0 radical (unpaired) electrons. The number of imidazole rings is 1. The van der Waals surface area contributed by atoms with E-state index in [4.69, 9.17) is 5.73 Å². The quantitative estimate of drug-likeness (QED) is 0.776. The SMILES string of the molecule is CC(C)(C)c1nc2c(N)ncnc2n1C(C)(C)C. The van der Waals surface area contributed by atoms with E-state index >= 15 is 0 Å². The molecule has 0 atom stereocenters. The fourth-order valence-electron chi connectivity index (χ4n) is 2.05. The van der Waals surface area contributed by atoms with Crippen molar-refractivity contribution in [3.8, 4) is 0 Å². The first-order chi connectivity index (χ1) is 8.12. The third-order valence-corrected chi connectivity index (χ3v) is 2.81. The zero-order chi connectivity index (χ0) is 13.7. The normalized spacial score (nSPS) is 13.2. The van der Waals surface area contributed by atoms with Crippen LogP contribution in [0.25, 0.3) is 11.2 Å². The molecule has 0 aromatic carbocycles. The highest BCUT2D eigenvalue weighted by atomic mass is 15.2. The summed E-state index contributed by atoms with van der Waals surface area (Å²) in [5.74, 6) is 1.42. The molecule has 98 valence electrons. The topological polar surface area (TPSA) is 69.6 Å². The van der Waals surface area contributed by atoms with Gasteiger partial charge in [0.2, 0.25) is 0 Å². The van der Waals surface area contributed by atoms with E-state index in [1.165, 1.54) is 6.33 Å². The lowest BCUT2D eigenvalue weighted by molar-refractivity contribution is 0.362. The zero-order valence-electron chi connectivity index (χ0n) is 11.9. The number of nitrogens with two attached hydrogens (primary N) is 1. The van der Waals surface area contributed by atoms with E-state index in [-0.39, 0.29) is 11.0 Å². The van der Waals surface area contributed by atoms with Crippen LogP contribution in [0.15, 0.2) is 6.33 Å². The van der Waals surface area contributed by atoms with E-state index in [2.05, 4.69) is 61.1 Å². The largest absolute Gasteiger partial charge is 0.382 e. The van der Waals surface area contributed by atoms with Crippen molar-refractivity contribution in [3.63, 3.8) is 0 Å². The van der Waals surface area contributed by atoms with Crippen LogP contribution in [0.3, 0.4) is 0 Å². The average Bonchev–Trinajstić information content (AvgIpc) is 2.56. The molecule has 0 aliphatic heterocycles. The second kappa shape index (κ2) is 3.67. The molecule has 0 amide bonds. The number of rotatable bonds is 0. The summed E-state index contributed by atoms with van der Waals surface area (Å²) in [6.07, 6.45) is 1.49. The molecule has 0 saturated carbocycles. The van der Waals surface area contributed by atoms with Gasteiger partial charge in [-0.25, -0.2) is 15.0 Å². The van der Waals surface area contributed by atoms with Crippen molar-refractivity contribution in [1.82, 2.24) is 19.5 Å². The molecule has 5 heteroatoms. The van der Waals surface area contributed by atoms with Crippen LogP contribution in [0, 0.1) is 0 Å². The number of hydrogen-bond donors (Lipinski definition) is 1. The Morgan fingerprint density at radius 1 is 1.06 bits per heavy atom. The summed E-state index contributed by atoms with van der Waals surface area (Å²) in [5.41, 5.74) is 7.23. The van der Waals surface area contributed by atoms with E-state index in [9.17, 15) is 0 Å². The van der Waals surface area contributed by atoms with Gasteiger partial charge in [0.15, 0.2) is 17.0 Å². The molecule has 2 rings (SSSR count). The van der Waals surface area contributed by atoms with Crippen LogP contribution in [-0.4, -0.2) is 19.5 Å². The third kappa shape index (κ3) is 1.94. The van der Waals surface area contributed by atoms with Gasteiger partial charge in [-0.15, -0.1) is 0 Å². The van der Waals surface area contributed by atoms with Gasteiger partial charge in [0.25, 0.3) is 0 Å². The van der Waals surface area contributed by atoms with Crippen molar-refractivity contribution in [2.45, 2.75) is 52.5 Å². The number of aromatic nitrogens is 4. The molecule has 2 N–H and O–H groups in total. The summed E-state index contributed by atoms with van der Waals surface area (Å²) in [7, 11) is 0. The Hall–Kier alpha value is -1.65. The Labute approximate surface area is 107 Å². The van der Waals surface area contributed by atoms with Crippen LogP contribution in [0.1, 0.15) is 47.4 Å². The van der Waals surface area contributed by atoms with Gasteiger partial charge in [-0.3, -0.25) is 0 Å². The second-order valence-corrected chi connectivity index (χ2v) is 6.62. The Morgan fingerprint density at radius 3 is 2.17 bits per heavy atom. The predicted octanol–water partition coefficient (Wildman–Crippen LogP) is 2.46. The van der Waals surface area contributed by atoms with Gasteiger partial charge in [-0.05, 0) is 20.8 Å². The maximum atomic E-state index is 5.90. The molecule has 0 bridgehead atoms. The lowest BCUT2D eigenvalue weighted by Crippen LogP contribution is -2.29. The minimum atomic E-state index is -0.0991. The first-order valence-corrected chi connectivity index (χ1v) is 6.12. The molecule has 0 fully saturated rings. The van der Waals surface area contributed by atoms with Gasteiger partial charge in [-0.2, -0.15) is 0 Å². The van der Waals surface area contributed by atoms with Crippen LogP contribution in [0.4, 0.5) is 5.82 Å². The van der Waals surface area contributed by atoms with E-state index < -0.39 is 0 Å². The van der Waals surface area contributed by atoms with E-state index in [0.29, 0.717) is 11.3 Å². The van der Waals surface area contributed by atoms with Gasteiger partial charge in [0.05, 0.1) is 0 Å². The molecular formula is C13H21N5. The first kappa shape index (κ1) is 12.8. The second-order valence-electron chi connectivity index (χ2n) is 6.62. The third-order valence-electron chi connectivity index (χ3n) is 2.81. The summed E-state index contributed by atoms with van der Waals surface area (Å²) in [5, 5.41) is 0. The van der Waals surface area contributed by atoms with Crippen LogP contribution >= 0.6 is 0 Å². The average molecular weight is 247 g/mol. The molecule has 0 unspecified atom stereocenters. The van der Waals surface area contributed by atoms with Crippen molar-refractivity contribution in [2.24, 2.45) is 0 Å². The van der Waals surface area contributed by atoms with Crippen molar-refractivity contribution in [2.75, 3.05) is 5.73 Å². The van der Waals surface area contributed by atoms with Crippen molar-refractivity contribution < 1.29 is 0 Å². The summed E-state index contributed by atoms with van der Waals surface area (Å²) >= 11 is 0. The molecule has 2 aromatic heterocycles. The molecule has 0 aliphatic carbocycles. The number of hydrogen-bond acceptors (Lipinski definition) is 4. The summed E-state index contributed by atoms with van der Waals surface area (Å²) < 4.78 is 2.15. The monoisotopic (exact) mass is 247 g/mol. The lowest BCUT2D eigenvalue weighted by Gasteiger charge is -2.28. The van der Waals surface area contributed by atoms with E-state index in [1.807, 2.05) is 0 Å². The molecule has 18 heavy (non-hydrogen) atoms. The fraction of sp³-hybridized carbons (Fsp3) is 0.615. The Balaban J connectivity index is 2.91. The molecule has 5 nitrogen and oxygen atoms in total. The minimum absolute atomic E-state index is 0.0690. The molecule has 0 saturated heterocycles. The highest BCUT2D eigenvalue weighted by Gasteiger charge is 2.29. The highest BCUT2D eigenvalue weighted by Crippen LogP contribution is 2.31. The number of anilines is 1. The van der Waals surface area contributed by atoms with Crippen LogP contribution in [0.5, 0.6) is 0 Å². The first-order valence-electron chi connectivity index (χ1n) is 6.12. The fourth-order valence-corrected chi connectivity index (χ4v) is 2.05. The number of nitrogen functional groups attached to an aromatic ring is 1. The standard InChI is InChI=1S/C13H21N5/c1-12(2,3)11-17-8-9(14)15-7-16-10(8)18(11)13(4,5)6/h7H,1-6H3,(H2,14,15,16). The summed E-state index contributed by atoms with van der Waals surface area (Å²) in [4.78, 5) is 13.0. The zero-order valence-corrected chi connectivity index (χ0v) is 11.9.